The molecule has 1 fully saturated rings. The molecule has 0 aliphatic carbocycles. The molecule has 5 nitrogen and oxygen atoms in total. The van der Waals surface area contributed by atoms with Gasteiger partial charge in [0, 0.05) is 37.9 Å². The Balaban J connectivity index is 1.57. The molecule has 1 aliphatic heterocycles. The van der Waals surface area contributed by atoms with Gasteiger partial charge in [-0.25, -0.2) is 8.78 Å². The largest absolute Gasteiger partial charge is 0.368 e. The molecule has 3 rings (SSSR count). The monoisotopic (exact) mass is 345 g/mol. The van der Waals surface area contributed by atoms with E-state index in [0.29, 0.717) is 32.2 Å². The molecule has 0 radical (unpaired) electrons. The third kappa shape index (κ3) is 3.93. The third-order valence-electron chi connectivity index (χ3n) is 4.06. The minimum absolute atomic E-state index is 0.220. The lowest BCUT2D eigenvalue weighted by Crippen LogP contribution is -2.51. The minimum Gasteiger partial charge on any atom is -0.368 e. The molecule has 2 amide bonds. The Bertz CT molecular complexity index is 775. The zero-order valence-corrected chi connectivity index (χ0v) is 13.4. The van der Waals surface area contributed by atoms with Crippen molar-refractivity contribution in [3.8, 4) is 0 Å². The molecule has 0 spiro atoms. The number of anilines is 2. The molecule has 0 atom stereocenters. The number of nitrogens with zero attached hydrogens (tertiary/aromatic N) is 2. The number of carbonyl (C=O) groups excluding carboxylic acids is 2. The lowest BCUT2D eigenvalue weighted by atomic mass is 10.2. The van der Waals surface area contributed by atoms with Gasteiger partial charge >= 0.3 is 11.8 Å². The first kappa shape index (κ1) is 16.9. The van der Waals surface area contributed by atoms with Crippen LogP contribution in [0, 0.1) is 11.6 Å². The Kier molecular flexibility index (Phi) is 4.92. The van der Waals surface area contributed by atoms with Crippen LogP contribution < -0.4 is 10.2 Å². The van der Waals surface area contributed by atoms with Crippen LogP contribution >= 0.6 is 0 Å². The Labute approximate surface area is 143 Å². The fourth-order valence-corrected chi connectivity index (χ4v) is 2.72. The average Bonchev–Trinajstić information content (AvgIpc) is 2.64. The summed E-state index contributed by atoms with van der Waals surface area (Å²) >= 11 is 0. The number of hydrogen-bond acceptors (Lipinski definition) is 3. The molecule has 2 aromatic carbocycles. The van der Waals surface area contributed by atoms with Crippen LogP contribution in [0.4, 0.5) is 20.2 Å². The van der Waals surface area contributed by atoms with E-state index < -0.39 is 23.4 Å². The fourth-order valence-electron chi connectivity index (χ4n) is 2.72. The Morgan fingerprint density at radius 3 is 2.24 bits per heavy atom. The van der Waals surface area contributed by atoms with Crippen LogP contribution in [0.25, 0.3) is 0 Å². The van der Waals surface area contributed by atoms with Crippen molar-refractivity contribution in [2.45, 2.75) is 0 Å². The second kappa shape index (κ2) is 7.29. The lowest BCUT2D eigenvalue weighted by molar-refractivity contribution is -0.143. The summed E-state index contributed by atoms with van der Waals surface area (Å²) in [5, 5.41) is 2.19. The Morgan fingerprint density at radius 2 is 1.60 bits per heavy atom. The summed E-state index contributed by atoms with van der Waals surface area (Å²) in [6.07, 6.45) is 0. The zero-order chi connectivity index (χ0) is 17.8. The Morgan fingerprint density at radius 1 is 0.920 bits per heavy atom. The van der Waals surface area contributed by atoms with E-state index in [1.807, 2.05) is 30.3 Å². The van der Waals surface area contributed by atoms with Crippen molar-refractivity contribution >= 4 is 23.2 Å². The van der Waals surface area contributed by atoms with E-state index in [0.717, 1.165) is 17.8 Å². The highest BCUT2D eigenvalue weighted by Gasteiger charge is 2.26. The summed E-state index contributed by atoms with van der Waals surface area (Å²) in [5.74, 6) is -3.33. The maximum atomic E-state index is 13.6. The van der Waals surface area contributed by atoms with E-state index in [1.54, 1.807) is 0 Å². The molecule has 25 heavy (non-hydrogen) atoms. The van der Waals surface area contributed by atoms with Crippen molar-refractivity contribution in [3.05, 3.63) is 60.2 Å². The average molecular weight is 345 g/mol. The predicted molar refractivity (Wildman–Crippen MR) is 90.2 cm³/mol. The normalized spacial score (nSPS) is 14.3. The first-order valence-corrected chi connectivity index (χ1v) is 7.90. The Hall–Kier alpha value is -2.96. The smallest absolute Gasteiger partial charge is 0.313 e. The van der Waals surface area contributed by atoms with Crippen LogP contribution in [0.15, 0.2) is 48.5 Å². The highest BCUT2D eigenvalue weighted by molar-refractivity contribution is 6.39. The molecule has 1 N–H and O–H groups in total. The molecule has 1 aliphatic rings. The van der Waals surface area contributed by atoms with Crippen LogP contribution in [0.1, 0.15) is 0 Å². The van der Waals surface area contributed by atoms with E-state index in [-0.39, 0.29) is 5.69 Å². The van der Waals surface area contributed by atoms with Gasteiger partial charge in [-0.2, -0.15) is 0 Å². The maximum absolute atomic E-state index is 13.6. The van der Waals surface area contributed by atoms with Crippen molar-refractivity contribution in [1.29, 1.82) is 0 Å². The summed E-state index contributed by atoms with van der Waals surface area (Å²) < 4.78 is 26.4. The van der Waals surface area contributed by atoms with Gasteiger partial charge in [-0.15, -0.1) is 0 Å². The van der Waals surface area contributed by atoms with Gasteiger partial charge in [0.05, 0.1) is 5.69 Å². The molecule has 0 aromatic heterocycles. The number of hydrogen-bond donors (Lipinski definition) is 1. The topological polar surface area (TPSA) is 52.7 Å². The van der Waals surface area contributed by atoms with Crippen LogP contribution in [-0.2, 0) is 9.59 Å². The molecule has 0 unspecified atom stereocenters. The quantitative estimate of drug-likeness (QED) is 0.850. The molecule has 2 aromatic rings. The second-order valence-corrected chi connectivity index (χ2v) is 5.69. The van der Waals surface area contributed by atoms with Crippen molar-refractivity contribution < 1.29 is 18.4 Å². The van der Waals surface area contributed by atoms with E-state index in [4.69, 9.17) is 0 Å². The van der Waals surface area contributed by atoms with E-state index in [9.17, 15) is 18.4 Å². The predicted octanol–water partition coefficient (Wildman–Crippen LogP) is 2.25. The van der Waals surface area contributed by atoms with E-state index in [1.165, 1.54) is 4.90 Å². The lowest BCUT2D eigenvalue weighted by Gasteiger charge is -2.35. The van der Waals surface area contributed by atoms with E-state index in [2.05, 4.69) is 10.2 Å². The number of halogens is 2. The van der Waals surface area contributed by atoms with Crippen LogP contribution in [-0.4, -0.2) is 42.9 Å². The van der Waals surface area contributed by atoms with Gasteiger partial charge < -0.3 is 15.1 Å². The van der Waals surface area contributed by atoms with Crippen molar-refractivity contribution in [2.75, 3.05) is 36.4 Å². The zero-order valence-electron chi connectivity index (χ0n) is 13.4. The van der Waals surface area contributed by atoms with Gasteiger partial charge in [-0.3, -0.25) is 9.59 Å². The molecule has 0 saturated carbocycles. The molecule has 0 bridgehead atoms. The van der Waals surface area contributed by atoms with Gasteiger partial charge in [-0.1, -0.05) is 18.2 Å². The van der Waals surface area contributed by atoms with Crippen molar-refractivity contribution in [3.63, 3.8) is 0 Å². The summed E-state index contributed by atoms with van der Waals surface area (Å²) in [4.78, 5) is 27.8. The molecule has 7 heteroatoms. The maximum Gasteiger partial charge on any atom is 0.313 e. The highest BCUT2D eigenvalue weighted by Crippen LogP contribution is 2.17. The van der Waals surface area contributed by atoms with Gasteiger partial charge in [0.25, 0.3) is 0 Å². The number of benzene rings is 2. The number of piperazine rings is 1. The summed E-state index contributed by atoms with van der Waals surface area (Å²) in [6, 6.07) is 12.5. The van der Waals surface area contributed by atoms with Gasteiger partial charge in [0.15, 0.2) is 0 Å². The van der Waals surface area contributed by atoms with E-state index >= 15 is 0 Å². The van der Waals surface area contributed by atoms with Crippen molar-refractivity contribution in [2.24, 2.45) is 0 Å². The van der Waals surface area contributed by atoms with Gasteiger partial charge in [-0.05, 0) is 24.3 Å². The first-order chi connectivity index (χ1) is 12.0. The second-order valence-electron chi connectivity index (χ2n) is 5.69. The van der Waals surface area contributed by atoms with Crippen LogP contribution in [0.3, 0.4) is 0 Å². The number of carbonyl (C=O) groups is 2. The van der Waals surface area contributed by atoms with Crippen molar-refractivity contribution in [1.82, 2.24) is 4.90 Å². The summed E-state index contributed by atoms with van der Waals surface area (Å²) in [6.45, 7) is 2.00. The SMILES string of the molecule is O=C(Nc1ccc(F)cc1F)C(=O)N1CCN(c2ccccc2)CC1. The molecule has 130 valence electrons. The van der Waals surface area contributed by atoms with Gasteiger partial charge in [0.2, 0.25) is 0 Å². The molecular weight excluding hydrogens is 328 g/mol. The van der Waals surface area contributed by atoms with Crippen LogP contribution in [0.5, 0.6) is 0 Å². The number of para-hydroxylation sites is 1. The molecular formula is C18H17F2N3O2. The third-order valence-corrected chi connectivity index (χ3v) is 4.06. The van der Waals surface area contributed by atoms with Crippen LogP contribution in [0.2, 0.25) is 0 Å². The first-order valence-electron chi connectivity index (χ1n) is 7.90. The van der Waals surface area contributed by atoms with Gasteiger partial charge in [0.1, 0.15) is 11.6 Å². The number of nitrogens with one attached hydrogen (secondary N) is 1. The molecule has 1 saturated heterocycles. The molecule has 1 heterocycles. The summed E-state index contributed by atoms with van der Waals surface area (Å²) in [5.41, 5.74) is 0.843. The standard InChI is InChI=1S/C18H17F2N3O2/c19-13-6-7-16(15(20)12-13)21-17(24)18(25)23-10-8-22(9-11-23)14-4-2-1-3-5-14/h1-7,12H,8-11H2,(H,21,24). The summed E-state index contributed by atoms with van der Waals surface area (Å²) in [7, 11) is 0. The fraction of sp³-hybridized carbons (Fsp3) is 0.222. The number of rotatable bonds is 2. The number of amides is 2. The highest BCUT2D eigenvalue weighted by atomic mass is 19.1. The minimum atomic E-state index is -0.932.